The molecule has 1 aliphatic rings. The minimum Gasteiger partial charge on any atom is -0.790 e. The van der Waals surface area contributed by atoms with Crippen molar-refractivity contribution in [1.82, 2.24) is 0 Å². The van der Waals surface area contributed by atoms with Gasteiger partial charge in [-0.3, -0.25) is 22.6 Å². The molecule has 1 rings (SSSR count). The number of hydrogen-bond donors (Lipinski definition) is 10. The average Bonchev–Trinajstić information content (AvgIpc) is 2.51. The van der Waals surface area contributed by atoms with Crippen molar-refractivity contribution in [3.63, 3.8) is 0 Å². The van der Waals surface area contributed by atoms with Crippen molar-refractivity contribution in [2.75, 3.05) is 0 Å². The zero-order chi connectivity index (χ0) is 28.7. The molecule has 24 nitrogen and oxygen atoms in total. The summed E-state index contributed by atoms with van der Waals surface area (Å²) in [5.41, 5.74) is 0. The molecule has 10 N–H and O–H groups in total. The van der Waals surface area contributed by atoms with E-state index >= 15 is 0 Å². The molecule has 0 unspecified atom stereocenters. The van der Waals surface area contributed by atoms with Crippen LogP contribution in [0.1, 0.15) is 0 Å². The van der Waals surface area contributed by atoms with E-state index in [1.54, 1.807) is 0 Å². The molecular weight excluding hydrogens is 666 g/mol. The fourth-order valence-electron chi connectivity index (χ4n) is 2.78. The maximum absolute atomic E-state index is 11.4. The first-order valence-corrected chi connectivity index (χ1v) is 17.1. The third kappa shape index (κ3) is 15.3. The van der Waals surface area contributed by atoms with E-state index in [1.807, 2.05) is 0 Å². The molecule has 31 heteroatoms. The van der Waals surface area contributed by atoms with Crippen molar-refractivity contribution < 1.29 is 113 Å². The van der Waals surface area contributed by atoms with Crippen molar-refractivity contribution in [2.45, 2.75) is 36.6 Å². The fourth-order valence-corrected chi connectivity index (χ4v) is 6.11. The van der Waals surface area contributed by atoms with Crippen LogP contribution in [0.3, 0.4) is 0 Å². The van der Waals surface area contributed by atoms with Crippen molar-refractivity contribution >= 4 is 70.0 Å². The van der Waals surface area contributed by atoms with Crippen LogP contribution in [0.4, 0.5) is 0 Å². The summed E-state index contributed by atoms with van der Waals surface area (Å²) < 4.78 is 92.3. The van der Waals surface area contributed by atoms with Crippen molar-refractivity contribution in [1.29, 1.82) is 0 Å². The molecule has 1 fully saturated rings. The Bertz CT molecular complexity index is 824. The molecule has 0 aromatic rings. The van der Waals surface area contributed by atoms with E-state index in [1.165, 1.54) is 0 Å². The molecule has 0 amide bonds. The fraction of sp³-hybridized carbons (Fsp3) is 1.00. The van der Waals surface area contributed by atoms with E-state index in [2.05, 4.69) is 27.1 Å². The van der Waals surface area contributed by atoms with Gasteiger partial charge in [0, 0.05) is 0 Å². The molecule has 6 atom stereocenters. The van der Waals surface area contributed by atoms with Gasteiger partial charge in [0.2, 0.25) is 0 Å². The maximum Gasteiger partial charge on any atom is 2.00 e. The van der Waals surface area contributed by atoms with Crippen molar-refractivity contribution in [2.24, 2.45) is 0 Å². The first kappa shape index (κ1) is 38.4. The molecule has 0 radical (unpaired) electrons. The number of phosphoric ester groups is 6. The molecule has 0 bridgehead atoms. The smallest absolute Gasteiger partial charge is 0.790 e. The summed E-state index contributed by atoms with van der Waals surface area (Å²) in [6.07, 6.45) is -19.3. The van der Waals surface area contributed by atoms with Crippen LogP contribution in [0.5, 0.6) is 0 Å². The van der Waals surface area contributed by atoms with Gasteiger partial charge < -0.3 is 67.8 Å². The van der Waals surface area contributed by atoms with Gasteiger partial charge in [0.25, 0.3) is 0 Å². The van der Waals surface area contributed by atoms with E-state index < -0.39 is 83.6 Å². The van der Waals surface area contributed by atoms with Gasteiger partial charge in [-0.1, -0.05) is 0 Å². The monoisotopic (exact) mass is 682 g/mol. The predicted molar refractivity (Wildman–Crippen MR) is 103 cm³/mol. The van der Waals surface area contributed by atoms with E-state index in [9.17, 15) is 37.2 Å². The van der Waals surface area contributed by atoms with E-state index in [4.69, 9.17) is 48.9 Å². The van der Waals surface area contributed by atoms with Gasteiger partial charge in [0.05, 0.1) is 7.82 Å². The first-order valence-electron chi connectivity index (χ1n) is 7.97. The average molecular weight is 682 g/mol. The molecule has 37 heavy (non-hydrogen) atoms. The zero-order valence-corrected chi connectivity index (χ0v) is 23.8. The van der Waals surface area contributed by atoms with Crippen LogP contribution in [-0.4, -0.2) is 109 Å². The van der Waals surface area contributed by atoms with E-state index in [0.29, 0.717) is 0 Å². The molecule has 0 spiro atoms. The van der Waals surface area contributed by atoms with E-state index in [0.717, 1.165) is 0 Å². The largest absolute Gasteiger partial charge is 2.00 e. The second-order valence-corrected chi connectivity index (χ2v) is 13.4. The normalized spacial score (nSPS) is 28.5. The van der Waals surface area contributed by atoms with Gasteiger partial charge in [-0.25, -0.2) is 22.8 Å². The summed E-state index contributed by atoms with van der Waals surface area (Å²) in [5.74, 6) is 0. The van der Waals surface area contributed by atoms with E-state index in [-0.39, 0.29) is 23.1 Å². The van der Waals surface area contributed by atoms with Crippen LogP contribution in [0.15, 0.2) is 0 Å². The van der Waals surface area contributed by atoms with Crippen LogP contribution >= 0.6 is 46.9 Å². The van der Waals surface area contributed by atoms with Crippen LogP contribution in [-0.2, 0) is 54.5 Å². The molecule has 0 aromatic carbocycles. The zero-order valence-electron chi connectivity index (χ0n) is 17.0. The minimum atomic E-state index is -6.52. The minimum absolute atomic E-state index is 0. The molecule has 0 aliphatic heterocycles. The van der Waals surface area contributed by atoms with Gasteiger partial charge in [0.15, 0.2) is 0 Å². The van der Waals surface area contributed by atoms with Gasteiger partial charge >= 0.3 is 62.2 Å². The number of hydrogen-bond acceptors (Lipinski definition) is 14. The second-order valence-electron chi connectivity index (χ2n) is 6.32. The number of phosphoric acid groups is 6. The van der Waals surface area contributed by atoms with Gasteiger partial charge in [-0.05, 0) is 0 Å². The second kappa shape index (κ2) is 13.2. The molecule has 0 heterocycles. The summed E-state index contributed by atoms with van der Waals surface area (Å²) in [6.45, 7) is 0. The Morgan fingerprint density at radius 1 is 0.378 bits per heavy atom. The van der Waals surface area contributed by atoms with Gasteiger partial charge in [-0.15, -0.1) is 0 Å². The van der Waals surface area contributed by atoms with Crippen LogP contribution in [0, 0.1) is 0 Å². The molecule has 0 aromatic heterocycles. The summed E-state index contributed by atoms with van der Waals surface area (Å²) in [7, 11) is -36.8. The Balaban J connectivity index is 0.0000130. The third-order valence-corrected chi connectivity index (χ3v) is 6.58. The Morgan fingerprint density at radius 2 is 0.514 bits per heavy atom. The molecule has 1 saturated carbocycles. The van der Waals surface area contributed by atoms with Crippen molar-refractivity contribution in [3.05, 3.63) is 0 Å². The molecule has 1 aliphatic carbocycles. The summed E-state index contributed by atoms with van der Waals surface area (Å²) >= 11 is 0. The molecule has 0 saturated heterocycles. The maximum atomic E-state index is 11.4. The quantitative estimate of drug-likeness (QED) is 0.0682. The van der Waals surface area contributed by atoms with Gasteiger partial charge in [-0.2, -0.15) is 0 Å². The topological polar surface area (TPSA) is 406 Å². The van der Waals surface area contributed by atoms with Crippen LogP contribution < -0.4 is 9.79 Å². The van der Waals surface area contributed by atoms with Crippen LogP contribution in [0.2, 0.25) is 0 Å². The molecule has 216 valence electrons. The third-order valence-electron chi connectivity index (χ3n) is 3.49. The Kier molecular flexibility index (Phi) is 13.7. The summed E-state index contributed by atoms with van der Waals surface area (Å²) in [5, 5.41) is 0. The first-order chi connectivity index (χ1) is 15.6. The standard InChI is InChI=1S/C6H18O24P6.Mg/c7-31(8,9)25-1-2(26-32(10,11)12)4(28-34(16,17)18)6(30-36(22,23)24)5(29-35(19,20)21)3(1)27-33(13,14)15;/h1-6H,(H2,7,8,9)(H2,10,11,12)(H2,13,14,15)(H2,16,17,18)(H2,19,20,21)(H2,22,23,24);/q;+2/p-2/t1-,2-,3-,4+,5-,6-;. The Labute approximate surface area is 219 Å². The SMILES string of the molecule is O=P([O-])([O-])O[C@@H]1[C@@H](OP(=O)(O)O)[C@H](OP(=O)(O)O)[C@@H](OP(=O)(O)O)[C@H](OP(=O)(O)O)[C@@H]1OP(=O)(O)O.[Mg+2]. The molecular formula is C6H16MgO24P6. The summed E-state index contributed by atoms with van der Waals surface area (Å²) in [6, 6.07) is 0. The van der Waals surface area contributed by atoms with Crippen LogP contribution in [0.25, 0.3) is 0 Å². The Morgan fingerprint density at radius 3 is 0.622 bits per heavy atom. The predicted octanol–water partition coefficient (Wildman–Crippen LogP) is -4.78. The summed E-state index contributed by atoms with van der Waals surface area (Å²) in [4.78, 5) is 114. The van der Waals surface area contributed by atoms with Crippen molar-refractivity contribution in [3.8, 4) is 0 Å². The Hall–Kier alpha value is 1.43. The number of rotatable bonds is 12. The van der Waals surface area contributed by atoms with Gasteiger partial charge in [0.1, 0.15) is 36.6 Å².